The molecule has 0 saturated carbocycles. The van der Waals surface area contributed by atoms with Gasteiger partial charge in [-0.25, -0.2) is 8.78 Å². The molecule has 1 unspecified atom stereocenters. The van der Waals surface area contributed by atoms with E-state index in [0.717, 1.165) is 17.7 Å². The molecule has 5 heteroatoms. The fraction of sp³-hybridized carbons (Fsp3) is 0.188. The zero-order valence-corrected chi connectivity index (χ0v) is 11.4. The molecular formula is C16H14F2N2O. The van der Waals surface area contributed by atoms with Crippen molar-refractivity contribution in [3.05, 3.63) is 65.7 Å². The summed E-state index contributed by atoms with van der Waals surface area (Å²) in [4.78, 5) is 0. The van der Waals surface area contributed by atoms with Crippen LogP contribution in [0.1, 0.15) is 5.56 Å². The van der Waals surface area contributed by atoms with Gasteiger partial charge in [0.1, 0.15) is 12.4 Å². The van der Waals surface area contributed by atoms with Gasteiger partial charge in [0.25, 0.3) is 0 Å². The third kappa shape index (κ3) is 3.18. The molecular weight excluding hydrogens is 274 g/mol. The molecule has 0 aliphatic carbocycles. The number of nitrogens with zero attached hydrogens (tertiary/aromatic N) is 1. The van der Waals surface area contributed by atoms with Crippen molar-refractivity contribution in [2.75, 3.05) is 13.7 Å². The predicted octanol–water partition coefficient (Wildman–Crippen LogP) is 2.98. The maximum absolute atomic E-state index is 13.2. The van der Waals surface area contributed by atoms with Crippen LogP contribution in [0.4, 0.5) is 8.78 Å². The molecule has 0 aliphatic rings. The molecule has 1 N–H and O–H groups in total. The quantitative estimate of drug-likeness (QED) is 0.920. The molecule has 0 aromatic heterocycles. The second-order valence-corrected chi connectivity index (χ2v) is 4.50. The topological polar surface area (TPSA) is 45.0 Å². The van der Waals surface area contributed by atoms with Gasteiger partial charge in [0.15, 0.2) is 17.2 Å². The largest absolute Gasteiger partial charge is 0.490 e. The lowest BCUT2D eigenvalue weighted by atomic mass is 9.92. The number of nitrogens with one attached hydrogen (secondary N) is 1. The number of rotatable bonds is 5. The van der Waals surface area contributed by atoms with Crippen LogP contribution in [0, 0.1) is 23.0 Å². The van der Waals surface area contributed by atoms with Crippen molar-refractivity contribution in [3.8, 4) is 11.8 Å². The van der Waals surface area contributed by atoms with Crippen LogP contribution in [0.5, 0.6) is 5.75 Å². The summed E-state index contributed by atoms with van der Waals surface area (Å²) in [5.74, 6) is -1.76. The summed E-state index contributed by atoms with van der Waals surface area (Å²) in [6.07, 6.45) is 0. The SMILES string of the molecule is CNC(C#N)(COc1ccc(F)c(F)c1)c1ccccc1. The molecule has 0 bridgehead atoms. The van der Waals surface area contributed by atoms with Crippen LogP contribution in [-0.4, -0.2) is 13.7 Å². The molecule has 1 atom stereocenters. The minimum Gasteiger partial charge on any atom is -0.490 e. The molecule has 0 saturated heterocycles. The molecule has 2 aromatic carbocycles. The van der Waals surface area contributed by atoms with E-state index >= 15 is 0 Å². The van der Waals surface area contributed by atoms with Crippen LogP contribution in [0.25, 0.3) is 0 Å². The van der Waals surface area contributed by atoms with E-state index in [2.05, 4.69) is 11.4 Å². The number of ether oxygens (including phenoxy) is 1. The lowest BCUT2D eigenvalue weighted by Gasteiger charge is -2.26. The first-order valence-electron chi connectivity index (χ1n) is 6.35. The maximum Gasteiger partial charge on any atom is 0.166 e. The van der Waals surface area contributed by atoms with Gasteiger partial charge in [-0.05, 0) is 24.7 Å². The molecule has 0 heterocycles. The van der Waals surface area contributed by atoms with Crippen LogP contribution in [0.3, 0.4) is 0 Å². The first-order chi connectivity index (χ1) is 10.1. The third-order valence-corrected chi connectivity index (χ3v) is 3.23. The Kier molecular flexibility index (Phi) is 4.51. The third-order valence-electron chi connectivity index (χ3n) is 3.23. The standard InChI is InChI=1S/C16H14F2N2O/c1-20-16(10-19,12-5-3-2-4-6-12)11-21-13-7-8-14(17)15(18)9-13/h2-9,20H,11H2,1H3. The van der Waals surface area contributed by atoms with Gasteiger partial charge < -0.3 is 4.74 Å². The second kappa shape index (κ2) is 6.33. The van der Waals surface area contributed by atoms with Crippen molar-refractivity contribution in [2.45, 2.75) is 5.54 Å². The number of halogens is 2. The maximum atomic E-state index is 13.2. The smallest absolute Gasteiger partial charge is 0.166 e. The van der Waals surface area contributed by atoms with Crippen molar-refractivity contribution < 1.29 is 13.5 Å². The zero-order valence-electron chi connectivity index (χ0n) is 11.4. The summed E-state index contributed by atoms with van der Waals surface area (Å²) in [6, 6.07) is 14.5. The number of benzene rings is 2. The van der Waals surface area contributed by atoms with Crippen molar-refractivity contribution in [1.82, 2.24) is 5.32 Å². The Hall–Kier alpha value is -2.45. The Morgan fingerprint density at radius 1 is 1.14 bits per heavy atom. The van der Waals surface area contributed by atoms with E-state index in [1.54, 1.807) is 19.2 Å². The van der Waals surface area contributed by atoms with Crippen molar-refractivity contribution in [3.63, 3.8) is 0 Å². The minimum absolute atomic E-state index is 0.0327. The Morgan fingerprint density at radius 3 is 2.43 bits per heavy atom. The summed E-state index contributed by atoms with van der Waals surface area (Å²) in [5.41, 5.74) is -0.329. The molecule has 0 aliphatic heterocycles. The van der Waals surface area contributed by atoms with Gasteiger partial charge in [-0.1, -0.05) is 30.3 Å². The lowest BCUT2D eigenvalue weighted by Crippen LogP contribution is -2.44. The molecule has 3 nitrogen and oxygen atoms in total. The Bertz CT molecular complexity index is 655. The fourth-order valence-electron chi connectivity index (χ4n) is 1.93. The van der Waals surface area contributed by atoms with Crippen LogP contribution in [0.2, 0.25) is 0 Å². The van der Waals surface area contributed by atoms with Crippen molar-refractivity contribution in [1.29, 1.82) is 5.26 Å². The number of nitriles is 1. The van der Waals surface area contributed by atoms with Gasteiger partial charge in [0.2, 0.25) is 0 Å². The number of hydrogen-bond acceptors (Lipinski definition) is 3. The van der Waals surface area contributed by atoms with Gasteiger partial charge in [0.05, 0.1) is 6.07 Å². The second-order valence-electron chi connectivity index (χ2n) is 4.50. The number of likely N-dealkylation sites (N-methyl/N-ethyl adjacent to an activating group) is 1. The van der Waals surface area contributed by atoms with Gasteiger partial charge in [-0.3, -0.25) is 5.32 Å². The molecule has 2 aromatic rings. The van der Waals surface area contributed by atoms with E-state index in [4.69, 9.17) is 4.74 Å². The Morgan fingerprint density at radius 2 is 1.86 bits per heavy atom. The highest BCUT2D eigenvalue weighted by molar-refractivity contribution is 5.32. The van der Waals surface area contributed by atoms with E-state index in [0.29, 0.717) is 0 Å². The first-order valence-corrected chi connectivity index (χ1v) is 6.35. The van der Waals surface area contributed by atoms with Crippen LogP contribution in [0.15, 0.2) is 48.5 Å². The fourth-order valence-corrected chi connectivity index (χ4v) is 1.93. The average molecular weight is 288 g/mol. The molecule has 0 radical (unpaired) electrons. The zero-order chi connectivity index (χ0) is 15.3. The average Bonchev–Trinajstić information content (AvgIpc) is 2.53. The Balaban J connectivity index is 2.21. The van der Waals surface area contributed by atoms with E-state index in [1.807, 2.05) is 18.2 Å². The molecule has 21 heavy (non-hydrogen) atoms. The minimum atomic E-state index is -1.06. The predicted molar refractivity (Wildman–Crippen MR) is 74.6 cm³/mol. The highest BCUT2D eigenvalue weighted by Crippen LogP contribution is 2.23. The molecule has 0 fully saturated rings. The van der Waals surface area contributed by atoms with Crippen LogP contribution in [-0.2, 0) is 5.54 Å². The van der Waals surface area contributed by atoms with Crippen LogP contribution < -0.4 is 10.1 Å². The molecule has 0 spiro atoms. The summed E-state index contributed by atoms with van der Waals surface area (Å²) in [6.45, 7) is -0.0327. The monoisotopic (exact) mass is 288 g/mol. The highest BCUT2D eigenvalue weighted by Gasteiger charge is 2.31. The highest BCUT2D eigenvalue weighted by atomic mass is 19.2. The molecule has 2 rings (SSSR count). The summed E-state index contributed by atoms with van der Waals surface area (Å²) in [5, 5.41) is 12.4. The summed E-state index contributed by atoms with van der Waals surface area (Å²) >= 11 is 0. The normalized spacial score (nSPS) is 13.2. The number of hydrogen-bond donors (Lipinski definition) is 1. The van der Waals surface area contributed by atoms with E-state index in [-0.39, 0.29) is 12.4 Å². The Labute approximate surface area is 121 Å². The van der Waals surface area contributed by atoms with E-state index in [1.165, 1.54) is 6.07 Å². The summed E-state index contributed by atoms with van der Waals surface area (Å²) < 4.78 is 31.5. The lowest BCUT2D eigenvalue weighted by molar-refractivity contribution is 0.230. The van der Waals surface area contributed by atoms with Crippen molar-refractivity contribution >= 4 is 0 Å². The van der Waals surface area contributed by atoms with Gasteiger partial charge in [-0.15, -0.1) is 0 Å². The summed E-state index contributed by atoms with van der Waals surface area (Å²) in [7, 11) is 1.64. The van der Waals surface area contributed by atoms with Crippen molar-refractivity contribution in [2.24, 2.45) is 0 Å². The van der Waals surface area contributed by atoms with Gasteiger partial charge in [0, 0.05) is 6.07 Å². The van der Waals surface area contributed by atoms with Gasteiger partial charge >= 0.3 is 0 Å². The molecule has 108 valence electrons. The molecule has 0 amide bonds. The first kappa shape index (κ1) is 14.9. The van der Waals surface area contributed by atoms with Gasteiger partial charge in [-0.2, -0.15) is 5.26 Å². The van der Waals surface area contributed by atoms with E-state index < -0.39 is 17.2 Å². The van der Waals surface area contributed by atoms with E-state index in [9.17, 15) is 14.0 Å². The van der Waals surface area contributed by atoms with Crippen LogP contribution >= 0.6 is 0 Å².